The summed E-state index contributed by atoms with van der Waals surface area (Å²) in [7, 11) is 1.98. The third-order valence-electron chi connectivity index (χ3n) is 1.82. The second-order valence-electron chi connectivity index (χ2n) is 2.70. The molecule has 1 N–H and O–H groups in total. The van der Waals surface area contributed by atoms with Crippen molar-refractivity contribution in [3.63, 3.8) is 0 Å². The largest absolute Gasteiger partial charge is 0.319 e. The lowest BCUT2D eigenvalue weighted by atomic mass is 10.1. The zero-order valence-electron chi connectivity index (χ0n) is 7.63. The van der Waals surface area contributed by atoms with E-state index in [9.17, 15) is 0 Å². The fourth-order valence-electron chi connectivity index (χ4n) is 1.06. The molecule has 0 aliphatic carbocycles. The van der Waals surface area contributed by atoms with Crippen molar-refractivity contribution in [3.05, 3.63) is 29.8 Å². The lowest BCUT2D eigenvalue weighted by Gasteiger charge is -2.01. The molecule has 1 aromatic carbocycles. The molecule has 0 aromatic heterocycles. The van der Waals surface area contributed by atoms with Gasteiger partial charge in [0, 0.05) is 4.90 Å². The SMILES string of the molecule is CNCCc1ccc(SC)cc1. The van der Waals surface area contributed by atoms with E-state index in [1.165, 1.54) is 10.5 Å². The van der Waals surface area contributed by atoms with Crippen molar-refractivity contribution in [1.29, 1.82) is 0 Å². The summed E-state index contributed by atoms with van der Waals surface area (Å²) in [6, 6.07) is 8.75. The first kappa shape index (κ1) is 9.62. The van der Waals surface area contributed by atoms with Crippen molar-refractivity contribution in [2.24, 2.45) is 0 Å². The smallest absolute Gasteiger partial charge is 0.00693 e. The first-order valence-corrected chi connectivity index (χ1v) is 5.37. The van der Waals surface area contributed by atoms with Crippen LogP contribution in [-0.2, 0) is 6.42 Å². The van der Waals surface area contributed by atoms with E-state index >= 15 is 0 Å². The minimum Gasteiger partial charge on any atom is -0.319 e. The first-order valence-electron chi connectivity index (χ1n) is 4.14. The van der Waals surface area contributed by atoms with Crippen molar-refractivity contribution in [3.8, 4) is 0 Å². The van der Waals surface area contributed by atoms with Crippen LogP contribution in [0.3, 0.4) is 0 Å². The van der Waals surface area contributed by atoms with Gasteiger partial charge in [0.05, 0.1) is 0 Å². The molecule has 12 heavy (non-hydrogen) atoms. The summed E-state index contributed by atoms with van der Waals surface area (Å²) in [5, 5.41) is 3.14. The highest BCUT2D eigenvalue weighted by atomic mass is 32.2. The van der Waals surface area contributed by atoms with Crippen LogP contribution in [0.4, 0.5) is 0 Å². The van der Waals surface area contributed by atoms with Crippen LogP contribution >= 0.6 is 11.8 Å². The quantitative estimate of drug-likeness (QED) is 0.714. The molecule has 1 nitrogen and oxygen atoms in total. The van der Waals surface area contributed by atoms with Crippen molar-refractivity contribution >= 4 is 11.8 Å². The number of thioether (sulfide) groups is 1. The van der Waals surface area contributed by atoms with E-state index in [1.807, 2.05) is 7.05 Å². The monoisotopic (exact) mass is 181 g/mol. The van der Waals surface area contributed by atoms with Crippen LogP contribution in [-0.4, -0.2) is 19.8 Å². The summed E-state index contributed by atoms with van der Waals surface area (Å²) in [4.78, 5) is 1.34. The van der Waals surface area contributed by atoms with Gasteiger partial charge in [-0.15, -0.1) is 11.8 Å². The molecule has 2 heteroatoms. The molecule has 0 aliphatic heterocycles. The Bertz CT molecular complexity index is 218. The summed E-state index contributed by atoms with van der Waals surface area (Å²) >= 11 is 1.79. The van der Waals surface area contributed by atoms with Crippen LogP contribution in [0.25, 0.3) is 0 Å². The van der Waals surface area contributed by atoms with Gasteiger partial charge in [0.15, 0.2) is 0 Å². The lowest BCUT2D eigenvalue weighted by Crippen LogP contribution is -2.09. The molecule has 0 fully saturated rings. The van der Waals surface area contributed by atoms with E-state index in [1.54, 1.807) is 11.8 Å². The molecular weight excluding hydrogens is 166 g/mol. The normalized spacial score (nSPS) is 10.2. The maximum Gasteiger partial charge on any atom is 0.00693 e. The number of rotatable bonds is 4. The van der Waals surface area contributed by atoms with Crippen LogP contribution in [0, 0.1) is 0 Å². The average molecular weight is 181 g/mol. The third-order valence-corrected chi connectivity index (χ3v) is 2.57. The second kappa shape index (κ2) is 5.22. The second-order valence-corrected chi connectivity index (χ2v) is 3.58. The van der Waals surface area contributed by atoms with Crippen molar-refractivity contribution in [2.75, 3.05) is 19.8 Å². The van der Waals surface area contributed by atoms with Crippen molar-refractivity contribution < 1.29 is 0 Å². The standard InChI is InChI=1S/C10H15NS/c1-11-8-7-9-3-5-10(12-2)6-4-9/h3-6,11H,7-8H2,1-2H3. The summed E-state index contributed by atoms with van der Waals surface area (Å²) in [5.74, 6) is 0. The van der Waals surface area contributed by atoms with E-state index in [0.29, 0.717) is 0 Å². The van der Waals surface area contributed by atoms with Gasteiger partial charge in [-0.2, -0.15) is 0 Å². The number of likely N-dealkylation sites (N-methyl/N-ethyl adjacent to an activating group) is 1. The zero-order chi connectivity index (χ0) is 8.81. The van der Waals surface area contributed by atoms with Gasteiger partial charge in [-0.1, -0.05) is 12.1 Å². The molecule has 66 valence electrons. The Balaban J connectivity index is 2.53. The Hall–Kier alpha value is -0.470. The molecule has 0 saturated carbocycles. The van der Waals surface area contributed by atoms with Crippen molar-refractivity contribution in [1.82, 2.24) is 5.32 Å². The minimum absolute atomic E-state index is 1.05. The van der Waals surface area contributed by atoms with Gasteiger partial charge in [0.25, 0.3) is 0 Å². The Morgan fingerprint density at radius 3 is 2.42 bits per heavy atom. The Morgan fingerprint density at radius 1 is 1.25 bits per heavy atom. The van der Waals surface area contributed by atoms with Gasteiger partial charge in [-0.3, -0.25) is 0 Å². The molecule has 0 unspecified atom stereocenters. The average Bonchev–Trinajstić information content (AvgIpc) is 2.15. The summed E-state index contributed by atoms with van der Waals surface area (Å²) in [5.41, 5.74) is 1.40. The predicted molar refractivity (Wildman–Crippen MR) is 55.9 cm³/mol. The molecule has 0 spiro atoms. The molecule has 0 radical (unpaired) electrons. The lowest BCUT2D eigenvalue weighted by molar-refractivity contribution is 0.791. The Labute approximate surface area is 78.6 Å². The Kier molecular flexibility index (Phi) is 4.19. The van der Waals surface area contributed by atoms with Crippen molar-refractivity contribution in [2.45, 2.75) is 11.3 Å². The van der Waals surface area contributed by atoms with Crippen LogP contribution in [0.15, 0.2) is 29.2 Å². The third kappa shape index (κ3) is 2.88. The number of hydrogen-bond acceptors (Lipinski definition) is 2. The molecule has 0 heterocycles. The van der Waals surface area contributed by atoms with Crippen LogP contribution in [0.5, 0.6) is 0 Å². The highest BCUT2D eigenvalue weighted by Crippen LogP contribution is 2.14. The predicted octanol–water partition coefficient (Wildman–Crippen LogP) is 2.17. The maximum absolute atomic E-state index is 3.14. The highest BCUT2D eigenvalue weighted by molar-refractivity contribution is 7.98. The summed E-state index contributed by atoms with van der Waals surface area (Å²) in [6.45, 7) is 1.05. The highest BCUT2D eigenvalue weighted by Gasteiger charge is 1.92. The molecule has 1 rings (SSSR count). The molecule has 0 amide bonds. The van der Waals surface area contributed by atoms with Gasteiger partial charge in [-0.05, 0) is 44.0 Å². The van der Waals surface area contributed by atoms with E-state index < -0.39 is 0 Å². The molecule has 0 aliphatic rings. The minimum atomic E-state index is 1.05. The number of hydrogen-bond donors (Lipinski definition) is 1. The molecule has 0 atom stereocenters. The first-order chi connectivity index (χ1) is 5.86. The van der Waals surface area contributed by atoms with Gasteiger partial charge in [0.2, 0.25) is 0 Å². The van der Waals surface area contributed by atoms with Gasteiger partial charge >= 0.3 is 0 Å². The van der Waals surface area contributed by atoms with Crippen LogP contribution < -0.4 is 5.32 Å². The molecule has 0 saturated heterocycles. The maximum atomic E-state index is 3.14. The zero-order valence-corrected chi connectivity index (χ0v) is 8.45. The van der Waals surface area contributed by atoms with E-state index in [2.05, 4.69) is 35.8 Å². The van der Waals surface area contributed by atoms with Crippen LogP contribution in [0.2, 0.25) is 0 Å². The fourth-order valence-corrected chi connectivity index (χ4v) is 1.47. The Morgan fingerprint density at radius 2 is 1.92 bits per heavy atom. The molecule has 0 bridgehead atoms. The summed E-state index contributed by atoms with van der Waals surface area (Å²) < 4.78 is 0. The van der Waals surface area contributed by atoms with Crippen LogP contribution in [0.1, 0.15) is 5.56 Å². The van der Waals surface area contributed by atoms with Gasteiger partial charge in [-0.25, -0.2) is 0 Å². The topological polar surface area (TPSA) is 12.0 Å². The van der Waals surface area contributed by atoms with E-state index in [4.69, 9.17) is 0 Å². The number of nitrogens with one attached hydrogen (secondary N) is 1. The number of benzene rings is 1. The fraction of sp³-hybridized carbons (Fsp3) is 0.400. The van der Waals surface area contributed by atoms with E-state index in [-0.39, 0.29) is 0 Å². The van der Waals surface area contributed by atoms with Gasteiger partial charge < -0.3 is 5.32 Å². The molecule has 1 aromatic rings. The summed E-state index contributed by atoms with van der Waals surface area (Å²) in [6.07, 6.45) is 3.22. The molecular formula is C10H15NS. The van der Waals surface area contributed by atoms with Gasteiger partial charge in [0.1, 0.15) is 0 Å². The van der Waals surface area contributed by atoms with E-state index in [0.717, 1.165) is 13.0 Å².